The van der Waals surface area contributed by atoms with E-state index in [-0.39, 0.29) is 12.0 Å². The molecule has 1 amide bonds. The third-order valence-electron chi connectivity index (χ3n) is 5.52. The Balaban J connectivity index is 1.42. The van der Waals surface area contributed by atoms with E-state index in [1.54, 1.807) is 6.08 Å². The molecule has 0 aliphatic carbocycles. The Labute approximate surface area is 182 Å². The van der Waals surface area contributed by atoms with E-state index in [9.17, 15) is 4.79 Å². The Morgan fingerprint density at radius 3 is 2.73 bits per heavy atom. The second-order valence-corrected chi connectivity index (χ2v) is 8.07. The fourth-order valence-electron chi connectivity index (χ4n) is 4.01. The van der Waals surface area contributed by atoms with Gasteiger partial charge < -0.3 is 19.3 Å². The molecule has 0 saturated carbocycles. The molecule has 158 valence electrons. The molecule has 2 heterocycles. The molecule has 2 aliphatic rings. The summed E-state index contributed by atoms with van der Waals surface area (Å²) in [5, 5.41) is 0.744. The topological polar surface area (TPSA) is 42.0 Å². The van der Waals surface area contributed by atoms with E-state index in [1.165, 1.54) is 0 Å². The first-order valence-electron chi connectivity index (χ1n) is 10.5. The molecule has 30 heavy (non-hydrogen) atoms. The Bertz CT molecular complexity index is 951. The summed E-state index contributed by atoms with van der Waals surface area (Å²) in [6.07, 6.45) is 4.52. The van der Waals surface area contributed by atoms with Gasteiger partial charge in [-0.05, 0) is 44.2 Å². The van der Waals surface area contributed by atoms with E-state index in [2.05, 4.69) is 11.8 Å². The number of carbonyl (C=O) groups is 1. The predicted molar refractivity (Wildman–Crippen MR) is 121 cm³/mol. The molecular weight excluding hydrogens is 400 g/mol. The average Bonchev–Trinajstić information content (AvgIpc) is 3.11. The number of rotatable bonds is 5. The number of anilines is 1. The smallest absolute Gasteiger partial charge is 0.246 e. The molecule has 2 aromatic rings. The molecule has 0 N–H and O–H groups in total. The van der Waals surface area contributed by atoms with Crippen LogP contribution in [0.5, 0.6) is 11.5 Å². The first kappa shape index (κ1) is 20.6. The first-order chi connectivity index (χ1) is 14.5. The molecule has 0 spiro atoms. The maximum Gasteiger partial charge on any atom is 0.246 e. The van der Waals surface area contributed by atoms with Crippen LogP contribution in [0.15, 0.2) is 42.5 Å². The van der Waals surface area contributed by atoms with Crippen LogP contribution < -0.4 is 14.4 Å². The number of hydrogen-bond acceptors (Lipinski definition) is 4. The summed E-state index contributed by atoms with van der Waals surface area (Å²) in [7, 11) is 0. The maximum absolute atomic E-state index is 12.8. The van der Waals surface area contributed by atoms with Crippen LogP contribution in [-0.2, 0) is 11.2 Å². The van der Waals surface area contributed by atoms with E-state index < -0.39 is 0 Å². The molecule has 6 heteroatoms. The van der Waals surface area contributed by atoms with Gasteiger partial charge in [-0.1, -0.05) is 23.7 Å². The van der Waals surface area contributed by atoms with Gasteiger partial charge in [-0.2, -0.15) is 0 Å². The standard InChI is InChI=1S/C24H27ClN2O3/c1-3-29-22-16-19-14-17(2)30-23(19)15-18(22)8-9-24(28)27-12-10-26(11-13-27)21-7-5-4-6-20(21)25/h4-9,15-17H,3,10-14H2,1-2H3/b9-8+/t17-/m0/s1. The van der Waals surface area contributed by atoms with E-state index >= 15 is 0 Å². The number of fused-ring (bicyclic) bond motifs is 1. The van der Waals surface area contributed by atoms with Crippen molar-refractivity contribution < 1.29 is 14.3 Å². The molecule has 1 saturated heterocycles. The molecule has 5 nitrogen and oxygen atoms in total. The number of hydrogen-bond donors (Lipinski definition) is 0. The average molecular weight is 427 g/mol. The molecule has 2 aromatic carbocycles. The van der Waals surface area contributed by atoms with Gasteiger partial charge in [-0.3, -0.25) is 4.79 Å². The number of carbonyl (C=O) groups excluding carboxylic acids is 1. The number of benzene rings is 2. The molecule has 0 aromatic heterocycles. The van der Waals surface area contributed by atoms with Gasteiger partial charge in [-0.15, -0.1) is 0 Å². The van der Waals surface area contributed by atoms with Gasteiger partial charge in [0.15, 0.2) is 0 Å². The van der Waals surface area contributed by atoms with E-state index in [4.69, 9.17) is 21.1 Å². The molecule has 0 unspecified atom stereocenters. The number of para-hydroxylation sites is 1. The fourth-order valence-corrected chi connectivity index (χ4v) is 4.26. The van der Waals surface area contributed by atoms with Crippen molar-refractivity contribution in [2.24, 2.45) is 0 Å². The zero-order valence-electron chi connectivity index (χ0n) is 17.4. The summed E-state index contributed by atoms with van der Waals surface area (Å²) >= 11 is 6.31. The van der Waals surface area contributed by atoms with Crippen molar-refractivity contribution in [2.45, 2.75) is 26.4 Å². The second kappa shape index (κ2) is 9.00. The van der Waals surface area contributed by atoms with Crippen LogP contribution >= 0.6 is 11.6 Å². The third kappa shape index (κ3) is 4.41. The molecule has 4 rings (SSSR count). The van der Waals surface area contributed by atoms with Crippen LogP contribution in [0.4, 0.5) is 5.69 Å². The number of nitrogens with zero attached hydrogens (tertiary/aromatic N) is 2. The van der Waals surface area contributed by atoms with Crippen molar-refractivity contribution >= 4 is 29.3 Å². The molecule has 2 aliphatic heterocycles. The van der Waals surface area contributed by atoms with Crippen molar-refractivity contribution in [2.75, 3.05) is 37.7 Å². The Kier molecular flexibility index (Phi) is 6.18. The van der Waals surface area contributed by atoms with Crippen LogP contribution in [0.2, 0.25) is 5.02 Å². The van der Waals surface area contributed by atoms with Crippen LogP contribution in [0.1, 0.15) is 25.0 Å². The van der Waals surface area contributed by atoms with Gasteiger partial charge in [0, 0.05) is 49.8 Å². The third-order valence-corrected chi connectivity index (χ3v) is 5.84. The molecule has 0 bridgehead atoms. The van der Waals surface area contributed by atoms with Gasteiger partial charge in [0.05, 0.1) is 17.3 Å². The predicted octanol–water partition coefficient (Wildman–Crippen LogP) is 4.42. The molecular formula is C24H27ClN2O3. The normalized spacial score (nSPS) is 18.4. The van der Waals surface area contributed by atoms with Crippen molar-refractivity contribution in [1.82, 2.24) is 4.90 Å². The highest BCUT2D eigenvalue weighted by molar-refractivity contribution is 6.33. The van der Waals surface area contributed by atoms with Crippen molar-refractivity contribution in [3.8, 4) is 11.5 Å². The highest BCUT2D eigenvalue weighted by Crippen LogP contribution is 2.35. The number of piperazine rings is 1. The van der Waals surface area contributed by atoms with Gasteiger partial charge in [0.2, 0.25) is 5.91 Å². The lowest BCUT2D eigenvalue weighted by atomic mass is 10.1. The minimum Gasteiger partial charge on any atom is -0.493 e. The fraction of sp³-hybridized carbons (Fsp3) is 0.375. The lowest BCUT2D eigenvalue weighted by Gasteiger charge is -2.36. The Morgan fingerprint density at radius 1 is 1.23 bits per heavy atom. The summed E-state index contributed by atoms with van der Waals surface area (Å²) in [5.41, 5.74) is 3.05. The van der Waals surface area contributed by atoms with Crippen molar-refractivity contribution in [3.05, 3.63) is 58.6 Å². The largest absolute Gasteiger partial charge is 0.493 e. The lowest BCUT2D eigenvalue weighted by Crippen LogP contribution is -2.48. The Hall–Kier alpha value is -2.66. The van der Waals surface area contributed by atoms with Gasteiger partial charge >= 0.3 is 0 Å². The number of halogens is 1. The quantitative estimate of drug-likeness (QED) is 0.663. The summed E-state index contributed by atoms with van der Waals surface area (Å²) in [6, 6.07) is 11.8. The van der Waals surface area contributed by atoms with Gasteiger partial charge in [0.25, 0.3) is 0 Å². The van der Waals surface area contributed by atoms with Crippen molar-refractivity contribution in [3.63, 3.8) is 0 Å². The van der Waals surface area contributed by atoms with Crippen LogP contribution in [0, 0.1) is 0 Å². The highest BCUT2D eigenvalue weighted by atomic mass is 35.5. The summed E-state index contributed by atoms with van der Waals surface area (Å²) < 4.78 is 11.7. The minimum absolute atomic E-state index is 0.00559. The maximum atomic E-state index is 12.8. The second-order valence-electron chi connectivity index (χ2n) is 7.66. The van der Waals surface area contributed by atoms with E-state index in [0.29, 0.717) is 19.7 Å². The number of ether oxygens (including phenoxy) is 2. The zero-order chi connectivity index (χ0) is 21.1. The molecule has 0 radical (unpaired) electrons. The summed E-state index contributed by atoms with van der Waals surface area (Å²) in [4.78, 5) is 16.9. The molecule has 1 atom stereocenters. The van der Waals surface area contributed by atoms with Crippen LogP contribution in [0.3, 0.4) is 0 Å². The van der Waals surface area contributed by atoms with E-state index in [1.807, 2.05) is 54.3 Å². The van der Waals surface area contributed by atoms with Gasteiger partial charge in [-0.25, -0.2) is 0 Å². The lowest BCUT2D eigenvalue weighted by molar-refractivity contribution is -0.126. The highest BCUT2D eigenvalue weighted by Gasteiger charge is 2.23. The minimum atomic E-state index is 0.00559. The monoisotopic (exact) mass is 426 g/mol. The summed E-state index contributed by atoms with van der Waals surface area (Å²) in [6.45, 7) is 7.45. The first-order valence-corrected chi connectivity index (χ1v) is 10.9. The van der Waals surface area contributed by atoms with Crippen molar-refractivity contribution in [1.29, 1.82) is 0 Å². The Morgan fingerprint density at radius 2 is 2.00 bits per heavy atom. The summed E-state index contributed by atoms with van der Waals surface area (Å²) in [5.74, 6) is 1.68. The van der Waals surface area contributed by atoms with Gasteiger partial charge in [0.1, 0.15) is 17.6 Å². The van der Waals surface area contributed by atoms with E-state index in [0.717, 1.165) is 52.8 Å². The zero-order valence-corrected chi connectivity index (χ0v) is 18.2. The molecule has 1 fully saturated rings. The van der Waals surface area contributed by atoms with Crippen LogP contribution in [-0.4, -0.2) is 49.7 Å². The SMILES string of the molecule is CCOc1cc2c(cc1/C=C/C(=O)N1CCN(c3ccccc3Cl)CC1)O[C@@H](C)C2. The van der Waals surface area contributed by atoms with Crippen LogP contribution in [0.25, 0.3) is 6.08 Å². The number of amides is 1.